The second-order valence-electron chi connectivity index (χ2n) is 4.29. The molecule has 0 saturated carbocycles. The lowest BCUT2D eigenvalue weighted by Gasteiger charge is -2.16. The van der Waals surface area contributed by atoms with Gasteiger partial charge in [0.25, 0.3) is 0 Å². The average molecular weight is 269 g/mol. The Morgan fingerprint density at radius 1 is 1.15 bits per heavy atom. The smallest absolute Gasteiger partial charge is 0.220 e. The van der Waals surface area contributed by atoms with Gasteiger partial charge in [0.2, 0.25) is 5.95 Å². The van der Waals surface area contributed by atoms with E-state index in [2.05, 4.69) is 20.5 Å². The zero-order valence-corrected chi connectivity index (χ0v) is 10.5. The molecule has 0 fully saturated rings. The molecular weight excluding hydrogens is 257 g/mol. The maximum Gasteiger partial charge on any atom is 0.220 e. The quantitative estimate of drug-likeness (QED) is 0.870. The van der Waals surface area contributed by atoms with Crippen LogP contribution in [0.2, 0.25) is 0 Å². The van der Waals surface area contributed by atoms with Gasteiger partial charge < -0.3 is 11.2 Å². The van der Waals surface area contributed by atoms with Crippen molar-refractivity contribution in [2.45, 2.75) is 0 Å². The van der Waals surface area contributed by atoms with E-state index in [0.29, 0.717) is 12.2 Å². The van der Waals surface area contributed by atoms with Crippen LogP contribution in [0.25, 0.3) is 11.1 Å². The molecule has 0 saturated heterocycles. The first-order valence-corrected chi connectivity index (χ1v) is 6.08. The number of rotatable bonds is 2. The van der Waals surface area contributed by atoms with Crippen molar-refractivity contribution >= 4 is 23.3 Å². The zero-order chi connectivity index (χ0) is 13.9. The Kier molecular flexibility index (Phi) is 3.12. The lowest BCUT2D eigenvalue weighted by atomic mass is 9.97. The van der Waals surface area contributed by atoms with Crippen LogP contribution < -0.4 is 11.2 Å². The van der Waals surface area contributed by atoms with Gasteiger partial charge in [-0.2, -0.15) is 5.10 Å². The topological polar surface area (TPSA) is 76.2 Å². The van der Waals surface area contributed by atoms with Crippen molar-refractivity contribution in [1.82, 2.24) is 15.4 Å². The SMILES string of the molecule is Nc1nccc(C2=C(c3ccc(F)cc3)CNN=C2)n1. The zero-order valence-electron chi connectivity index (χ0n) is 10.5. The van der Waals surface area contributed by atoms with E-state index < -0.39 is 0 Å². The van der Waals surface area contributed by atoms with E-state index in [1.54, 1.807) is 30.6 Å². The number of hydrogen-bond acceptors (Lipinski definition) is 5. The van der Waals surface area contributed by atoms with E-state index in [1.807, 2.05) is 0 Å². The summed E-state index contributed by atoms with van der Waals surface area (Å²) in [5.74, 6) is -0.0556. The fourth-order valence-electron chi connectivity index (χ4n) is 2.06. The van der Waals surface area contributed by atoms with Crippen molar-refractivity contribution in [3.8, 4) is 0 Å². The van der Waals surface area contributed by atoms with Crippen LogP contribution in [0.5, 0.6) is 0 Å². The number of nitrogen functional groups attached to an aromatic ring is 1. The van der Waals surface area contributed by atoms with Crippen LogP contribution in [-0.2, 0) is 0 Å². The number of halogens is 1. The molecule has 2 aromatic rings. The number of hydrogen-bond donors (Lipinski definition) is 2. The van der Waals surface area contributed by atoms with Gasteiger partial charge in [-0.15, -0.1) is 0 Å². The number of nitrogens with zero attached hydrogens (tertiary/aromatic N) is 3. The van der Waals surface area contributed by atoms with E-state index in [4.69, 9.17) is 5.73 Å². The minimum atomic E-state index is -0.264. The summed E-state index contributed by atoms with van der Waals surface area (Å²) in [6, 6.07) is 8.10. The van der Waals surface area contributed by atoms with Crippen LogP contribution in [0.15, 0.2) is 41.6 Å². The molecule has 6 heteroatoms. The maximum atomic E-state index is 13.0. The first kappa shape index (κ1) is 12.3. The minimum absolute atomic E-state index is 0.209. The molecule has 3 N–H and O–H groups in total. The van der Waals surface area contributed by atoms with Gasteiger partial charge in [-0.25, -0.2) is 14.4 Å². The largest absolute Gasteiger partial charge is 0.368 e. The standard InChI is InChI=1S/C14H12FN5/c15-10-3-1-9(2-4-10)11-7-18-19-8-12(11)13-5-6-17-14(16)20-13/h1-6,8,18H,7H2,(H2,16,17,20). The molecular formula is C14H12FN5. The molecule has 0 amide bonds. The van der Waals surface area contributed by atoms with E-state index in [-0.39, 0.29) is 11.8 Å². The summed E-state index contributed by atoms with van der Waals surface area (Å²) in [5.41, 5.74) is 12.0. The average Bonchev–Trinajstić information content (AvgIpc) is 2.48. The molecule has 1 aromatic carbocycles. The van der Waals surface area contributed by atoms with Gasteiger partial charge in [0.05, 0.1) is 18.5 Å². The van der Waals surface area contributed by atoms with Crippen LogP contribution in [0.3, 0.4) is 0 Å². The number of nitrogens with two attached hydrogens (primary N) is 1. The monoisotopic (exact) mass is 269 g/mol. The highest BCUT2D eigenvalue weighted by Gasteiger charge is 2.14. The molecule has 2 heterocycles. The van der Waals surface area contributed by atoms with Crippen molar-refractivity contribution in [2.75, 3.05) is 12.3 Å². The summed E-state index contributed by atoms with van der Waals surface area (Å²) in [6.07, 6.45) is 3.28. The third-order valence-electron chi connectivity index (χ3n) is 3.01. The van der Waals surface area contributed by atoms with Gasteiger partial charge in [0.15, 0.2) is 0 Å². The minimum Gasteiger partial charge on any atom is -0.368 e. The molecule has 0 aliphatic carbocycles. The second kappa shape index (κ2) is 5.08. The Hall–Kier alpha value is -2.76. The highest BCUT2D eigenvalue weighted by Crippen LogP contribution is 2.25. The summed E-state index contributed by atoms with van der Waals surface area (Å²) >= 11 is 0. The van der Waals surface area contributed by atoms with Gasteiger partial charge in [0.1, 0.15) is 5.82 Å². The van der Waals surface area contributed by atoms with Crippen molar-refractivity contribution in [1.29, 1.82) is 0 Å². The van der Waals surface area contributed by atoms with E-state index in [1.165, 1.54) is 12.1 Å². The van der Waals surface area contributed by atoms with Crippen LogP contribution >= 0.6 is 0 Å². The normalized spacial score (nSPS) is 14.2. The van der Waals surface area contributed by atoms with Crippen molar-refractivity contribution in [2.24, 2.45) is 5.10 Å². The summed E-state index contributed by atoms with van der Waals surface area (Å²) in [5, 5.41) is 4.05. The fourth-order valence-corrected chi connectivity index (χ4v) is 2.06. The van der Waals surface area contributed by atoms with E-state index in [9.17, 15) is 4.39 Å². The molecule has 20 heavy (non-hydrogen) atoms. The Morgan fingerprint density at radius 2 is 1.95 bits per heavy atom. The lowest BCUT2D eigenvalue weighted by Crippen LogP contribution is -2.17. The number of benzene rings is 1. The number of anilines is 1. The first-order valence-electron chi connectivity index (χ1n) is 6.08. The van der Waals surface area contributed by atoms with Gasteiger partial charge in [0, 0.05) is 11.8 Å². The molecule has 3 rings (SSSR count). The summed E-state index contributed by atoms with van der Waals surface area (Å²) < 4.78 is 13.0. The number of aromatic nitrogens is 2. The van der Waals surface area contributed by atoms with Gasteiger partial charge in [-0.1, -0.05) is 12.1 Å². The lowest BCUT2D eigenvalue weighted by molar-refractivity contribution is 0.627. The number of allylic oxidation sites excluding steroid dienone is 1. The van der Waals surface area contributed by atoms with Crippen molar-refractivity contribution in [3.63, 3.8) is 0 Å². The summed E-state index contributed by atoms with van der Waals surface area (Å²) in [4.78, 5) is 8.08. The predicted octanol–water partition coefficient (Wildman–Crippen LogP) is 1.70. The molecule has 1 aromatic heterocycles. The van der Waals surface area contributed by atoms with E-state index in [0.717, 1.165) is 16.7 Å². The van der Waals surface area contributed by atoms with E-state index >= 15 is 0 Å². The van der Waals surface area contributed by atoms with Crippen molar-refractivity contribution in [3.05, 3.63) is 53.6 Å². The summed E-state index contributed by atoms with van der Waals surface area (Å²) in [6.45, 7) is 0.543. The third kappa shape index (κ3) is 2.35. The van der Waals surface area contributed by atoms with Gasteiger partial charge in [-0.05, 0) is 29.3 Å². The number of nitrogens with one attached hydrogen (secondary N) is 1. The number of hydrazone groups is 1. The Morgan fingerprint density at radius 3 is 2.70 bits per heavy atom. The van der Waals surface area contributed by atoms with Gasteiger partial charge >= 0.3 is 0 Å². The molecule has 0 spiro atoms. The summed E-state index contributed by atoms with van der Waals surface area (Å²) in [7, 11) is 0. The predicted molar refractivity (Wildman–Crippen MR) is 76.2 cm³/mol. The van der Waals surface area contributed by atoms with Crippen LogP contribution in [0.4, 0.5) is 10.3 Å². The van der Waals surface area contributed by atoms with Crippen LogP contribution in [0.1, 0.15) is 11.3 Å². The molecule has 0 atom stereocenters. The molecule has 1 aliphatic heterocycles. The Balaban J connectivity index is 2.12. The van der Waals surface area contributed by atoms with Gasteiger partial charge in [-0.3, -0.25) is 0 Å². The maximum absolute atomic E-state index is 13.0. The van der Waals surface area contributed by atoms with Crippen LogP contribution in [-0.4, -0.2) is 22.7 Å². The molecule has 1 aliphatic rings. The highest BCUT2D eigenvalue weighted by atomic mass is 19.1. The van der Waals surface area contributed by atoms with Crippen molar-refractivity contribution < 1.29 is 4.39 Å². The second-order valence-corrected chi connectivity index (χ2v) is 4.29. The molecule has 100 valence electrons. The molecule has 5 nitrogen and oxygen atoms in total. The fraction of sp³-hybridized carbons (Fsp3) is 0.0714. The third-order valence-corrected chi connectivity index (χ3v) is 3.01. The molecule has 0 bridgehead atoms. The molecule has 0 radical (unpaired) electrons. The Labute approximate surface area is 115 Å². The first-order chi connectivity index (χ1) is 9.74. The van der Waals surface area contributed by atoms with Crippen LogP contribution in [0, 0.1) is 5.82 Å². The Bertz CT molecular complexity index is 691. The molecule has 0 unspecified atom stereocenters. The highest BCUT2D eigenvalue weighted by molar-refractivity contribution is 6.19.